The van der Waals surface area contributed by atoms with E-state index in [2.05, 4.69) is 0 Å². The van der Waals surface area contributed by atoms with Crippen molar-refractivity contribution in [2.75, 3.05) is 31.9 Å². The van der Waals surface area contributed by atoms with E-state index in [1.54, 1.807) is 16.7 Å². The molecule has 27 heavy (non-hydrogen) atoms. The van der Waals surface area contributed by atoms with E-state index in [4.69, 9.17) is 0 Å². The molecule has 0 unspecified atom stereocenters. The van der Waals surface area contributed by atoms with Gasteiger partial charge in [-0.05, 0) is 47.5 Å². The Morgan fingerprint density at radius 3 is 1.93 bits per heavy atom. The van der Waals surface area contributed by atoms with Gasteiger partial charge < -0.3 is 10.0 Å². The maximum absolute atomic E-state index is 12.7. The van der Waals surface area contributed by atoms with Gasteiger partial charge in [-0.25, -0.2) is 12.7 Å². The first-order valence-corrected chi connectivity index (χ1v) is 10.8. The largest absolute Gasteiger partial charge is 0.480 e. The summed E-state index contributed by atoms with van der Waals surface area (Å²) < 4.78 is 25.4. The number of carbonyl (C=O) groups excluding carboxylic acids is 1. The van der Waals surface area contributed by atoms with Crippen molar-refractivity contribution in [3.8, 4) is 0 Å². The van der Waals surface area contributed by atoms with Crippen LogP contribution in [0.1, 0.15) is 47.5 Å². The number of hydrogen-bond acceptors (Lipinski definition) is 5. The Bertz CT molecular complexity index is 581. The second-order valence-electron chi connectivity index (χ2n) is 7.32. The van der Waals surface area contributed by atoms with Gasteiger partial charge in [0.25, 0.3) is 0 Å². The summed E-state index contributed by atoms with van der Waals surface area (Å²) in [6, 6.07) is -0.0454. The number of hydrogen-bond donors (Lipinski definition) is 1. The second kappa shape index (κ2) is 11.2. The summed E-state index contributed by atoms with van der Waals surface area (Å²) in [6.07, 6.45) is 1.06. The number of carboxylic acids is 1. The van der Waals surface area contributed by atoms with E-state index in [-0.39, 0.29) is 55.3 Å². The molecule has 0 atom stereocenters. The van der Waals surface area contributed by atoms with Gasteiger partial charge in [-0.2, -0.15) is 0 Å². The van der Waals surface area contributed by atoms with Gasteiger partial charge in [-0.3, -0.25) is 14.5 Å². The minimum absolute atomic E-state index is 0. The maximum Gasteiger partial charge on any atom is 0.317 e. The fourth-order valence-corrected chi connectivity index (χ4v) is 4.72. The van der Waals surface area contributed by atoms with Crippen molar-refractivity contribution in [3.63, 3.8) is 0 Å². The summed E-state index contributed by atoms with van der Waals surface area (Å²) in [5.41, 5.74) is 0. The molecule has 1 saturated heterocycles. The van der Waals surface area contributed by atoms with Gasteiger partial charge >= 0.3 is 5.97 Å². The van der Waals surface area contributed by atoms with Gasteiger partial charge in [-0.15, -0.1) is 12.4 Å². The molecule has 1 fully saturated rings. The fourth-order valence-electron chi connectivity index (χ4n) is 3.58. The Kier molecular flexibility index (Phi) is 10.8. The lowest BCUT2D eigenvalue weighted by Gasteiger charge is -2.39. The molecule has 0 aromatic carbocycles. The Morgan fingerprint density at radius 1 is 1.07 bits per heavy atom. The van der Waals surface area contributed by atoms with Crippen molar-refractivity contribution in [1.82, 2.24) is 14.1 Å². The molecule has 1 aliphatic rings. The Labute approximate surface area is 169 Å². The van der Waals surface area contributed by atoms with Crippen LogP contribution in [-0.2, 0) is 19.6 Å². The molecule has 1 amide bonds. The van der Waals surface area contributed by atoms with Gasteiger partial charge in [-0.1, -0.05) is 0 Å². The van der Waals surface area contributed by atoms with Gasteiger partial charge in [0, 0.05) is 31.2 Å². The molecule has 0 aromatic heterocycles. The smallest absolute Gasteiger partial charge is 0.317 e. The quantitative estimate of drug-likeness (QED) is 0.594. The molecule has 8 nitrogen and oxygen atoms in total. The molecular weight excluding hydrogens is 394 g/mol. The monoisotopic (exact) mass is 427 g/mol. The predicted octanol–water partition coefficient (Wildman–Crippen LogP) is 1.25. The topological polar surface area (TPSA) is 98.2 Å². The highest BCUT2D eigenvalue weighted by atomic mass is 35.5. The number of rotatable bonds is 9. The van der Waals surface area contributed by atoms with Crippen molar-refractivity contribution in [2.24, 2.45) is 0 Å². The summed E-state index contributed by atoms with van der Waals surface area (Å²) >= 11 is 0. The number of amides is 1. The van der Waals surface area contributed by atoms with Crippen molar-refractivity contribution < 1.29 is 23.1 Å². The fraction of sp³-hybridized carbons (Fsp3) is 0.882. The third-order valence-corrected chi connectivity index (χ3v) is 6.66. The second-order valence-corrected chi connectivity index (χ2v) is 9.58. The summed E-state index contributed by atoms with van der Waals surface area (Å²) in [6.45, 7) is 9.91. The maximum atomic E-state index is 12.7. The number of carboxylic acid groups (broad SMARTS) is 1. The van der Waals surface area contributed by atoms with E-state index in [1.165, 1.54) is 4.31 Å². The van der Waals surface area contributed by atoms with E-state index in [0.29, 0.717) is 25.9 Å². The van der Waals surface area contributed by atoms with Crippen LogP contribution < -0.4 is 0 Å². The molecule has 1 aliphatic heterocycles. The van der Waals surface area contributed by atoms with Crippen LogP contribution in [0.25, 0.3) is 0 Å². The Hall–Kier alpha value is -0.900. The van der Waals surface area contributed by atoms with Crippen molar-refractivity contribution in [2.45, 2.75) is 65.6 Å². The number of nitrogens with zero attached hydrogens (tertiary/aromatic N) is 3. The number of carbonyl (C=O) groups is 2. The zero-order valence-electron chi connectivity index (χ0n) is 16.9. The minimum Gasteiger partial charge on any atom is -0.480 e. The average molecular weight is 428 g/mol. The van der Waals surface area contributed by atoms with E-state index in [0.717, 1.165) is 0 Å². The standard InChI is InChI=1S/C17H33N3O5S.ClH/c1-6-26(24,25)19-9-7-15(8-10-19)18(12-17(22)23)11-16(21)20(13(2)3)14(4)5;/h13-15H,6-12H2,1-5H3,(H,22,23);1H. The summed E-state index contributed by atoms with van der Waals surface area (Å²) in [5, 5.41) is 9.23. The van der Waals surface area contributed by atoms with Crippen LogP contribution in [0.2, 0.25) is 0 Å². The molecule has 0 radical (unpaired) electrons. The van der Waals surface area contributed by atoms with Crippen LogP contribution >= 0.6 is 12.4 Å². The summed E-state index contributed by atoms with van der Waals surface area (Å²) in [4.78, 5) is 27.4. The number of aliphatic carboxylic acids is 1. The van der Waals surface area contributed by atoms with Gasteiger partial charge in [0.1, 0.15) is 0 Å². The minimum atomic E-state index is -3.23. The number of halogens is 1. The number of piperidine rings is 1. The van der Waals surface area contributed by atoms with Crippen LogP contribution in [0.3, 0.4) is 0 Å². The van der Waals surface area contributed by atoms with Gasteiger partial charge in [0.05, 0.1) is 18.8 Å². The molecule has 0 saturated carbocycles. The molecule has 0 aliphatic carbocycles. The lowest BCUT2D eigenvalue weighted by molar-refractivity contribution is -0.142. The average Bonchev–Trinajstić information content (AvgIpc) is 2.53. The summed E-state index contributed by atoms with van der Waals surface area (Å²) in [5.74, 6) is -1.02. The van der Waals surface area contributed by atoms with E-state index in [1.807, 2.05) is 27.7 Å². The molecular formula is C17H34ClN3O5S. The van der Waals surface area contributed by atoms with Gasteiger partial charge in [0.2, 0.25) is 15.9 Å². The van der Waals surface area contributed by atoms with Crippen molar-refractivity contribution >= 4 is 34.3 Å². The molecule has 0 aromatic rings. The first-order chi connectivity index (χ1) is 12.0. The van der Waals surface area contributed by atoms with Crippen molar-refractivity contribution in [1.29, 1.82) is 0 Å². The molecule has 10 heteroatoms. The molecule has 0 spiro atoms. The van der Waals surface area contributed by atoms with Crippen LogP contribution in [0.4, 0.5) is 0 Å². The molecule has 1 heterocycles. The number of sulfonamides is 1. The first-order valence-electron chi connectivity index (χ1n) is 9.24. The predicted molar refractivity (Wildman–Crippen MR) is 108 cm³/mol. The van der Waals surface area contributed by atoms with Crippen molar-refractivity contribution in [3.05, 3.63) is 0 Å². The highest BCUT2D eigenvalue weighted by Gasteiger charge is 2.32. The first kappa shape index (κ1) is 26.1. The van der Waals surface area contributed by atoms with Gasteiger partial charge in [0.15, 0.2) is 0 Å². The van der Waals surface area contributed by atoms with E-state index < -0.39 is 16.0 Å². The van der Waals surface area contributed by atoms with Crippen LogP contribution in [0.5, 0.6) is 0 Å². The van der Waals surface area contributed by atoms with Crippen LogP contribution in [0.15, 0.2) is 0 Å². The van der Waals surface area contributed by atoms with E-state index in [9.17, 15) is 23.1 Å². The van der Waals surface area contributed by atoms with Crippen LogP contribution in [-0.4, -0.2) is 89.6 Å². The highest BCUT2D eigenvalue weighted by molar-refractivity contribution is 7.89. The molecule has 0 bridgehead atoms. The van der Waals surface area contributed by atoms with Crippen LogP contribution in [0, 0.1) is 0 Å². The summed E-state index contributed by atoms with van der Waals surface area (Å²) in [7, 11) is -3.23. The lowest BCUT2D eigenvalue weighted by Crippen LogP contribution is -2.53. The molecule has 1 N–H and O–H groups in total. The highest BCUT2D eigenvalue weighted by Crippen LogP contribution is 2.20. The van der Waals surface area contributed by atoms with E-state index >= 15 is 0 Å². The molecule has 1 rings (SSSR count). The third-order valence-electron chi connectivity index (χ3n) is 4.78. The Balaban J connectivity index is 0.00000676. The normalized spacial score (nSPS) is 16.6. The zero-order valence-corrected chi connectivity index (χ0v) is 18.6. The SMILES string of the molecule is CCS(=O)(=O)N1CCC(N(CC(=O)O)CC(=O)N(C(C)C)C(C)C)CC1.Cl. The third kappa shape index (κ3) is 7.56. The molecule has 160 valence electrons. The zero-order chi connectivity index (χ0) is 20.1. The lowest BCUT2D eigenvalue weighted by atomic mass is 10.0. The Morgan fingerprint density at radius 2 is 1.56 bits per heavy atom.